The Morgan fingerprint density at radius 2 is 2.00 bits per heavy atom. The van der Waals surface area contributed by atoms with E-state index >= 15 is 0 Å². The Balaban J connectivity index is 1.78. The van der Waals surface area contributed by atoms with Gasteiger partial charge in [-0.05, 0) is 36.4 Å². The summed E-state index contributed by atoms with van der Waals surface area (Å²) in [5.41, 5.74) is 2.37. The summed E-state index contributed by atoms with van der Waals surface area (Å²) < 4.78 is 33.4. The Morgan fingerprint density at radius 3 is 2.78 bits per heavy atom. The molecule has 0 spiro atoms. The lowest BCUT2D eigenvalue weighted by Crippen LogP contribution is -2.13. The molecule has 2 N–H and O–H groups in total. The number of anilines is 1. The number of hydrogen-bond donors (Lipinski definition) is 2. The van der Waals surface area contributed by atoms with Crippen molar-refractivity contribution in [2.24, 2.45) is 0 Å². The summed E-state index contributed by atoms with van der Waals surface area (Å²) >= 11 is 0. The van der Waals surface area contributed by atoms with Crippen molar-refractivity contribution in [1.82, 2.24) is 20.2 Å². The molecule has 3 heterocycles. The lowest BCUT2D eigenvalue weighted by atomic mass is 10.1. The number of nitrogens with one attached hydrogen (secondary N) is 2. The van der Waals surface area contributed by atoms with E-state index in [-0.39, 0.29) is 4.90 Å². The highest BCUT2D eigenvalue weighted by Gasteiger charge is 2.18. The maximum Gasteiger partial charge on any atom is 0.261 e. The van der Waals surface area contributed by atoms with Crippen LogP contribution < -0.4 is 9.46 Å². The van der Waals surface area contributed by atoms with Crippen LogP contribution in [-0.2, 0) is 10.0 Å². The minimum absolute atomic E-state index is 0.106. The topological polar surface area (TPSA) is 110 Å². The number of hydrogen-bond acceptors (Lipinski definition) is 6. The standard InChI is InChI=1S/C18H15N5O3S/c1-26-17-5-4-15(27(24,25)23-14-3-2-6-19-11-14)8-16(17)12-7-13-10-21-22-18(13)20-9-12/h2-11,23H,1H3,(H,20,21,22). The quantitative estimate of drug-likeness (QED) is 0.550. The van der Waals surface area contributed by atoms with Gasteiger partial charge in [-0.15, -0.1) is 0 Å². The largest absolute Gasteiger partial charge is 0.496 e. The molecule has 0 fully saturated rings. The van der Waals surface area contributed by atoms with Crippen LogP contribution in [0, 0.1) is 0 Å². The molecule has 0 saturated carbocycles. The lowest BCUT2D eigenvalue weighted by molar-refractivity contribution is 0.416. The highest BCUT2D eigenvalue weighted by Crippen LogP contribution is 2.33. The van der Waals surface area contributed by atoms with E-state index in [1.54, 1.807) is 42.9 Å². The molecule has 4 rings (SSSR count). The van der Waals surface area contributed by atoms with E-state index in [4.69, 9.17) is 4.74 Å². The van der Waals surface area contributed by atoms with E-state index < -0.39 is 10.0 Å². The summed E-state index contributed by atoms with van der Waals surface area (Å²) in [6.45, 7) is 0. The van der Waals surface area contributed by atoms with Gasteiger partial charge in [0.2, 0.25) is 0 Å². The van der Waals surface area contributed by atoms with Crippen molar-refractivity contribution in [3.63, 3.8) is 0 Å². The highest BCUT2D eigenvalue weighted by atomic mass is 32.2. The fraction of sp³-hybridized carbons (Fsp3) is 0.0556. The van der Waals surface area contributed by atoms with Crippen molar-refractivity contribution in [2.45, 2.75) is 4.90 Å². The Labute approximate surface area is 155 Å². The predicted octanol–water partition coefficient (Wildman–Crippen LogP) is 2.83. The van der Waals surface area contributed by atoms with Gasteiger partial charge in [-0.2, -0.15) is 5.10 Å². The van der Waals surface area contributed by atoms with Crippen molar-refractivity contribution in [2.75, 3.05) is 11.8 Å². The third kappa shape index (κ3) is 3.32. The van der Waals surface area contributed by atoms with E-state index in [9.17, 15) is 8.42 Å². The van der Waals surface area contributed by atoms with Crippen LogP contribution in [0.2, 0.25) is 0 Å². The number of aromatic amines is 1. The van der Waals surface area contributed by atoms with E-state index in [0.717, 1.165) is 10.9 Å². The molecule has 4 aromatic rings. The van der Waals surface area contributed by atoms with Gasteiger partial charge in [0.15, 0.2) is 5.65 Å². The van der Waals surface area contributed by atoms with Gasteiger partial charge in [-0.1, -0.05) is 0 Å². The van der Waals surface area contributed by atoms with Crippen LogP contribution in [0.15, 0.2) is 66.1 Å². The average molecular weight is 381 g/mol. The average Bonchev–Trinajstić information content (AvgIpc) is 3.15. The third-order valence-corrected chi connectivity index (χ3v) is 5.38. The van der Waals surface area contributed by atoms with E-state index in [2.05, 4.69) is 24.9 Å². The summed E-state index contributed by atoms with van der Waals surface area (Å²) in [5.74, 6) is 0.542. The summed E-state index contributed by atoms with van der Waals surface area (Å²) in [6, 6.07) is 9.82. The first kappa shape index (κ1) is 17.0. The van der Waals surface area contributed by atoms with Crippen molar-refractivity contribution in [1.29, 1.82) is 0 Å². The summed E-state index contributed by atoms with van der Waals surface area (Å²) in [5, 5.41) is 7.55. The van der Waals surface area contributed by atoms with Gasteiger partial charge in [0, 0.05) is 28.9 Å². The number of H-pyrrole nitrogens is 1. The smallest absolute Gasteiger partial charge is 0.261 e. The van der Waals surface area contributed by atoms with Crippen LogP contribution >= 0.6 is 0 Å². The number of nitrogens with zero attached hydrogens (tertiary/aromatic N) is 3. The number of sulfonamides is 1. The molecule has 1 aromatic carbocycles. The molecule has 0 aliphatic rings. The molecule has 0 unspecified atom stereocenters. The maximum atomic E-state index is 12.7. The molecule has 136 valence electrons. The Bertz CT molecular complexity index is 1210. The lowest BCUT2D eigenvalue weighted by Gasteiger charge is -2.12. The van der Waals surface area contributed by atoms with Crippen LogP contribution in [0.4, 0.5) is 5.69 Å². The van der Waals surface area contributed by atoms with Crippen molar-refractivity contribution >= 4 is 26.7 Å². The molecule has 0 bridgehead atoms. The Morgan fingerprint density at radius 1 is 1.11 bits per heavy atom. The van der Waals surface area contributed by atoms with Gasteiger partial charge in [0.25, 0.3) is 10.0 Å². The normalized spacial score (nSPS) is 11.4. The molecule has 8 nitrogen and oxygen atoms in total. The molecule has 0 saturated heterocycles. The molecular formula is C18H15N5O3S. The van der Waals surface area contributed by atoms with E-state index in [0.29, 0.717) is 22.6 Å². The first-order valence-corrected chi connectivity index (χ1v) is 9.45. The second-order valence-corrected chi connectivity index (χ2v) is 7.42. The second-order valence-electron chi connectivity index (χ2n) is 5.74. The summed E-state index contributed by atoms with van der Waals surface area (Å²) in [6.07, 6.45) is 6.31. The van der Waals surface area contributed by atoms with Crippen molar-refractivity contribution in [3.8, 4) is 16.9 Å². The first-order valence-electron chi connectivity index (χ1n) is 7.97. The first-order chi connectivity index (χ1) is 13.1. The van der Waals surface area contributed by atoms with Gasteiger partial charge in [-0.3, -0.25) is 14.8 Å². The van der Waals surface area contributed by atoms with Gasteiger partial charge < -0.3 is 4.74 Å². The number of ether oxygens (including phenoxy) is 1. The van der Waals surface area contributed by atoms with Gasteiger partial charge in [0.05, 0.1) is 30.1 Å². The van der Waals surface area contributed by atoms with Crippen LogP contribution in [0.1, 0.15) is 0 Å². The molecule has 0 radical (unpaired) electrons. The zero-order valence-corrected chi connectivity index (χ0v) is 15.1. The van der Waals surface area contributed by atoms with Gasteiger partial charge >= 0.3 is 0 Å². The third-order valence-electron chi connectivity index (χ3n) is 4.00. The van der Waals surface area contributed by atoms with Crippen molar-refractivity contribution in [3.05, 3.63) is 61.2 Å². The SMILES string of the molecule is COc1ccc(S(=O)(=O)Nc2cccnc2)cc1-c1cnc2[nH]ncc2c1. The molecule has 0 amide bonds. The summed E-state index contributed by atoms with van der Waals surface area (Å²) in [4.78, 5) is 8.33. The zero-order valence-electron chi connectivity index (χ0n) is 14.2. The Kier molecular flexibility index (Phi) is 4.21. The molecular weight excluding hydrogens is 366 g/mol. The van der Waals surface area contributed by atoms with E-state index in [1.165, 1.54) is 19.4 Å². The highest BCUT2D eigenvalue weighted by molar-refractivity contribution is 7.92. The number of benzene rings is 1. The molecule has 0 atom stereocenters. The van der Waals surface area contributed by atoms with Crippen LogP contribution in [0.5, 0.6) is 5.75 Å². The molecule has 0 aliphatic carbocycles. The minimum atomic E-state index is -3.78. The molecule has 3 aromatic heterocycles. The van der Waals surface area contributed by atoms with E-state index in [1.807, 2.05) is 6.07 Å². The zero-order chi connectivity index (χ0) is 18.9. The van der Waals surface area contributed by atoms with Crippen LogP contribution in [-0.4, -0.2) is 35.7 Å². The monoisotopic (exact) mass is 381 g/mol. The van der Waals surface area contributed by atoms with Crippen molar-refractivity contribution < 1.29 is 13.2 Å². The number of methoxy groups -OCH3 is 1. The number of rotatable bonds is 5. The maximum absolute atomic E-state index is 12.7. The minimum Gasteiger partial charge on any atom is -0.496 e. The fourth-order valence-corrected chi connectivity index (χ4v) is 3.77. The number of fused-ring (bicyclic) bond motifs is 1. The number of pyridine rings is 2. The van der Waals surface area contributed by atoms with Gasteiger partial charge in [0.1, 0.15) is 5.75 Å². The fourth-order valence-electron chi connectivity index (χ4n) is 2.70. The summed E-state index contributed by atoms with van der Waals surface area (Å²) in [7, 11) is -2.25. The molecule has 9 heteroatoms. The Hall–Kier alpha value is -3.46. The van der Waals surface area contributed by atoms with Crippen LogP contribution in [0.3, 0.4) is 0 Å². The van der Waals surface area contributed by atoms with Crippen LogP contribution in [0.25, 0.3) is 22.2 Å². The predicted molar refractivity (Wildman–Crippen MR) is 101 cm³/mol. The van der Waals surface area contributed by atoms with Gasteiger partial charge in [-0.25, -0.2) is 13.4 Å². The number of aromatic nitrogens is 4. The second kappa shape index (κ2) is 6.69. The molecule has 0 aliphatic heterocycles. The molecule has 27 heavy (non-hydrogen) atoms.